The molecule has 1 aliphatic carbocycles. The van der Waals surface area contributed by atoms with Crippen LogP contribution in [0.4, 0.5) is 5.82 Å². The van der Waals surface area contributed by atoms with Crippen LogP contribution in [-0.4, -0.2) is 48.3 Å². The average molecular weight is 542 g/mol. The van der Waals surface area contributed by atoms with Gasteiger partial charge in [-0.15, -0.1) is 24.0 Å². The number of aliphatic hydroxyl groups is 1. The largest absolute Gasteiger partial charge is 0.383 e. The van der Waals surface area contributed by atoms with Gasteiger partial charge in [-0.1, -0.05) is 35.9 Å². The normalized spacial score (nSPS) is 23.1. The molecule has 30 heavy (non-hydrogen) atoms. The van der Waals surface area contributed by atoms with Crippen molar-refractivity contribution in [1.29, 1.82) is 0 Å². The van der Waals surface area contributed by atoms with Gasteiger partial charge in [-0.2, -0.15) is 0 Å². The highest BCUT2D eigenvalue weighted by molar-refractivity contribution is 14.0. The number of fused-ring (bicyclic) bond motifs is 1. The molecule has 0 bridgehead atoms. The van der Waals surface area contributed by atoms with Crippen LogP contribution >= 0.6 is 35.6 Å². The number of aliphatic imine (C=N–C) groups is 1. The Kier molecular flexibility index (Phi) is 7.81. The van der Waals surface area contributed by atoms with E-state index in [1.807, 2.05) is 37.3 Å². The Morgan fingerprint density at radius 1 is 1.33 bits per heavy atom. The van der Waals surface area contributed by atoms with Crippen LogP contribution in [-0.2, 0) is 12.0 Å². The van der Waals surface area contributed by atoms with E-state index in [1.165, 1.54) is 5.56 Å². The summed E-state index contributed by atoms with van der Waals surface area (Å²) in [6.45, 7) is 4.87. The number of hydrogen-bond donors (Lipinski definition) is 3. The molecule has 162 valence electrons. The fourth-order valence-corrected chi connectivity index (χ4v) is 4.48. The van der Waals surface area contributed by atoms with Crippen molar-refractivity contribution < 1.29 is 5.11 Å². The topological polar surface area (TPSA) is 72.8 Å². The maximum absolute atomic E-state index is 11.1. The van der Waals surface area contributed by atoms with Gasteiger partial charge < -0.3 is 20.6 Å². The Morgan fingerprint density at radius 2 is 2.17 bits per heavy atom. The fraction of sp³-hybridized carbons (Fsp3) is 0.455. The second kappa shape index (κ2) is 10.2. The molecule has 0 radical (unpaired) electrons. The lowest BCUT2D eigenvalue weighted by Gasteiger charge is -2.24. The minimum Gasteiger partial charge on any atom is -0.383 e. The first-order valence-corrected chi connectivity index (χ1v) is 10.7. The van der Waals surface area contributed by atoms with E-state index < -0.39 is 5.60 Å². The van der Waals surface area contributed by atoms with Gasteiger partial charge in [0.25, 0.3) is 0 Å². The molecule has 2 aliphatic rings. The van der Waals surface area contributed by atoms with Gasteiger partial charge in [0.05, 0.1) is 11.6 Å². The van der Waals surface area contributed by atoms with Gasteiger partial charge in [0.1, 0.15) is 11.4 Å². The van der Waals surface area contributed by atoms with E-state index in [1.54, 1.807) is 6.20 Å². The number of halogens is 2. The monoisotopic (exact) mass is 541 g/mol. The summed E-state index contributed by atoms with van der Waals surface area (Å²) in [5, 5.41) is 18.7. The van der Waals surface area contributed by atoms with Crippen molar-refractivity contribution in [2.45, 2.75) is 37.8 Å². The summed E-state index contributed by atoms with van der Waals surface area (Å²) in [4.78, 5) is 11.3. The molecule has 2 heterocycles. The number of pyridine rings is 1. The van der Waals surface area contributed by atoms with Crippen molar-refractivity contribution in [2.75, 3.05) is 31.1 Å². The van der Waals surface area contributed by atoms with Crippen molar-refractivity contribution in [3.05, 3.63) is 58.7 Å². The highest BCUT2D eigenvalue weighted by Gasteiger charge is 2.36. The van der Waals surface area contributed by atoms with E-state index in [9.17, 15) is 5.11 Å². The molecule has 1 aromatic heterocycles. The lowest BCUT2D eigenvalue weighted by Crippen LogP contribution is -2.45. The van der Waals surface area contributed by atoms with E-state index in [0.29, 0.717) is 18.0 Å². The maximum atomic E-state index is 11.1. The number of benzene rings is 1. The lowest BCUT2D eigenvalue weighted by atomic mass is 9.96. The molecule has 1 aromatic carbocycles. The third-order valence-electron chi connectivity index (χ3n) is 5.74. The molecule has 0 saturated carbocycles. The Bertz CT molecular complexity index is 895. The van der Waals surface area contributed by atoms with E-state index in [-0.39, 0.29) is 30.0 Å². The molecular formula is C22H29ClIN5O. The molecular weight excluding hydrogens is 513 g/mol. The summed E-state index contributed by atoms with van der Waals surface area (Å²) in [6, 6.07) is 12.1. The predicted octanol–water partition coefficient (Wildman–Crippen LogP) is 3.32. The summed E-state index contributed by atoms with van der Waals surface area (Å²) in [5.74, 6) is 1.57. The van der Waals surface area contributed by atoms with Crippen LogP contribution in [0.1, 0.15) is 30.9 Å². The van der Waals surface area contributed by atoms with Gasteiger partial charge in [0, 0.05) is 31.9 Å². The number of aryl methyl sites for hydroxylation is 1. The van der Waals surface area contributed by atoms with E-state index >= 15 is 0 Å². The average Bonchev–Trinajstić information content (AvgIpc) is 3.32. The minimum absolute atomic E-state index is 0. The third-order valence-corrected chi connectivity index (χ3v) is 6.03. The molecule has 2 atom stereocenters. The molecule has 2 unspecified atom stereocenters. The number of anilines is 1. The molecule has 1 saturated heterocycles. The molecule has 1 fully saturated rings. The fourth-order valence-electron chi connectivity index (χ4n) is 4.24. The Balaban J connectivity index is 0.00000256. The molecule has 2 aromatic rings. The third kappa shape index (κ3) is 5.00. The first-order valence-electron chi connectivity index (χ1n) is 10.3. The summed E-state index contributed by atoms with van der Waals surface area (Å²) in [7, 11) is 0. The van der Waals surface area contributed by atoms with Crippen LogP contribution in [0, 0.1) is 0 Å². The summed E-state index contributed by atoms with van der Waals surface area (Å²) < 4.78 is 0. The zero-order chi connectivity index (χ0) is 20.3. The zero-order valence-electron chi connectivity index (χ0n) is 17.1. The molecule has 8 heteroatoms. The Morgan fingerprint density at radius 3 is 2.97 bits per heavy atom. The number of aromatic nitrogens is 1. The summed E-state index contributed by atoms with van der Waals surface area (Å²) in [6.07, 6.45) is 4.36. The molecule has 0 spiro atoms. The standard InChI is InChI=1S/C22H28ClN5O.HI/c1-2-24-21(26-15-22(29)11-9-16-6-3-4-7-18(16)22)27-17-10-13-28(14-17)20-19(23)8-5-12-25-20;/h3-8,12,17,29H,2,9-11,13-15H2,1H3,(H2,24,26,27);1H. The zero-order valence-corrected chi connectivity index (χ0v) is 20.2. The lowest BCUT2D eigenvalue weighted by molar-refractivity contribution is 0.0485. The molecule has 6 nitrogen and oxygen atoms in total. The molecule has 1 aliphatic heterocycles. The van der Waals surface area contributed by atoms with Gasteiger partial charge in [0.2, 0.25) is 0 Å². The number of guanidine groups is 1. The van der Waals surface area contributed by atoms with Crippen molar-refractivity contribution in [3.8, 4) is 0 Å². The maximum Gasteiger partial charge on any atom is 0.191 e. The van der Waals surface area contributed by atoms with Crippen LogP contribution in [0.2, 0.25) is 5.02 Å². The van der Waals surface area contributed by atoms with Crippen LogP contribution in [0.25, 0.3) is 0 Å². The van der Waals surface area contributed by atoms with Crippen LogP contribution in [0.3, 0.4) is 0 Å². The first-order chi connectivity index (χ1) is 14.1. The van der Waals surface area contributed by atoms with Crippen LogP contribution < -0.4 is 15.5 Å². The quantitative estimate of drug-likeness (QED) is 0.308. The predicted molar refractivity (Wildman–Crippen MR) is 133 cm³/mol. The van der Waals surface area contributed by atoms with Crippen LogP contribution in [0.15, 0.2) is 47.6 Å². The second-order valence-corrected chi connectivity index (χ2v) is 8.18. The number of rotatable bonds is 5. The first kappa shape index (κ1) is 23.1. The molecule has 0 amide bonds. The smallest absolute Gasteiger partial charge is 0.191 e. The van der Waals surface area contributed by atoms with Gasteiger partial charge in [-0.05, 0) is 49.4 Å². The highest BCUT2D eigenvalue weighted by atomic mass is 127. The van der Waals surface area contributed by atoms with Crippen LogP contribution in [0.5, 0.6) is 0 Å². The van der Waals surface area contributed by atoms with Crippen molar-refractivity contribution >= 4 is 47.4 Å². The van der Waals surface area contributed by atoms with E-state index in [2.05, 4.69) is 26.6 Å². The summed E-state index contributed by atoms with van der Waals surface area (Å²) >= 11 is 6.30. The van der Waals surface area contributed by atoms with Gasteiger partial charge >= 0.3 is 0 Å². The van der Waals surface area contributed by atoms with E-state index in [4.69, 9.17) is 16.6 Å². The highest BCUT2D eigenvalue weighted by Crippen LogP contribution is 2.36. The minimum atomic E-state index is -0.887. The number of nitrogens with one attached hydrogen (secondary N) is 2. The van der Waals surface area contributed by atoms with Gasteiger partial charge in [-0.25, -0.2) is 9.98 Å². The number of nitrogens with zero attached hydrogens (tertiary/aromatic N) is 3. The number of hydrogen-bond acceptors (Lipinski definition) is 4. The van der Waals surface area contributed by atoms with Gasteiger partial charge in [0.15, 0.2) is 5.96 Å². The van der Waals surface area contributed by atoms with Gasteiger partial charge in [-0.3, -0.25) is 0 Å². The second-order valence-electron chi connectivity index (χ2n) is 7.77. The summed E-state index contributed by atoms with van der Waals surface area (Å²) in [5.41, 5.74) is 1.35. The molecule has 4 rings (SSSR count). The van der Waals surface area contributed by atoms with Crippen molar-refractivity contribution in [2.24, 2.45) is 4.99 Å². The van der Waals surface area contributed by atoms with Crippen molar-refractivity contribution in [3.63, 3.8) is 0 Å². The SMILES string of the molecule is CCNC(=NCC1(O)CCc2ccccc21)NC1CCN(c2ncccc2Cl)C1.I. The van der Waals surface area contributed by atoms with E-state index in [0.717, 1.165) is 49.8 Å². The Hall–Kier alpha value is -1.58. The van der Waals surface area contributed by atoms with Crippen molar-refractivity contribution in [1.82, 2.24) is 15.6 Å². The molecule has 3 N–H and O–H groups in total. The Labute approximate surface area is 200 Å².